The smallest absolute Gasteiger partial charge is 0.282 e. The second-order valence-corrected chi connectivity index (χ2v) is 7.89. The van der Waals surface area contributed by atoms with Gasteiger partial charge in [0.25, 0.3) is 17.4 Å². The van der Waals surface area contributed by atoms with Crippen LogP contribution in [0.25, 0.3) is 5.57 Å². The Bertz CT molecular complexity index is 1170. The zero-order valence-electron chi connectivity index (χ0n) is 19.3. The van der Waals surface area contributed by atoms with E-state index in [2.05, 4.69) is 5.10 Å². The first-order valence-corrected chi connectivity index (χ1v) is 10.9. The van der Waals surface area contributed by atoms with Crippen molar-refractivity contribution in [3.63, 3.8) is 0 Å². The fourth-order valence-corrected chi connectivity index (χ4v) is 4.31. The second kappa shape index (κ2) is 9.14. The summed E-state index contributed by atoms with van der Waals surface area (Å²) >= 11 is 0. The molecule has 4 rings (SSSR count). The highest BCUT2D eigenvalue weighted by Gasteiger charge is 2.45. The Morgan fingerprint density at radius 1 is 1.06 bits per heavy atom. The van der Waals surface area contributed by atoms with Crippen molar-refractivity contribution in [2.24, 2.45) is 7.05 Å². The minimum absolute atomic E-state index is 0.116. The minimum Gasteiger partial charge on any atom is -0.497 e. The van der Waals surface area contributed by atoms with Crippen LogP contribution in [0.2, 0.25) is 0 Å². The zero-order valence-corrected chi connectivity index (χ0v) is 19.3. The number of carbonyl (C=O) groups is 2. The van der Waals surface area contributed by atoms with Crippen LogP contribution >= 0.6 is 0 Å². The summed E-state index contributed by atoms with van der Waals surface area (Å²) < 4.78 is 17.5. The van der Waals surface area contributed by atoms with Crippen LogP contribution in [0.4, 0.5) is 5.69 Å². The molecule has 0 atom stereocenters. The monoisotopic (exact) mass is 456 g/mol. The third-order valence-corrected chi connectivity index (χ3v) is 5.89. The normalized spacial score (nSPS) is 16.7. The van der Waals surface area contributed by atoms with E-state index in [-0.39, 0.29) is 22.4 Å². The van der Waals surface area contributed by atoms with Crippen LogP contribution in [0.1, 0.15) is 24.6 Å². The van der Waals surface area contributed by atoms with Crippen LogP contribution in [0.3, 0.4) is 0 Å². The van der Waals surface area contributed by atoms with E-state index in [1.54, 1.807) is 25.2 Å². The van der Waals surface area contributed by atoms with E-state index in [9.17, 15) is 14.4 Å². The van der Waals surface area contributed by atoms with Crippen LogP contribution in [0.5, 0.6) is 11.5 Å². The molecular weight excluding hydrogens is 428 g/mol. The maximum Gasteiger partial charge on any atom is 0.282 e. The summed E-state index contributed by atoms with van der Waals surface area (Å²) in [5, 5.41) is 3.05. The fourth-order valence-electron chi connectivity index (χ4n) is 4.31. The quantitative estimate of drug-likeness (QED) is 0.626. The van der Waals surface area contributed by atoms with Gasteiger partial charge in [-0.25, -0.2) is 4.90 Å². The van der Waals surface area contributed by atoms with Crippen LogP contribution in [0, 0.1) is 0 Å². The van der Waals surface area contributed by atoms with E-state index in [4.69, 9.17) is 14.2 Å². The van der Waals surface area contributed by atoms with E-state index >= 15 is 0 Å². The lowest BCUT2D eigenvalue weighted by molar-refractivity contribution is -0.121. The molecular formula is C23H28N4O6. The van der Waals surface area contributed by atoms with Crippen molar-refractivity contribution in [2.75, 3.05) is 45.4 Å². The molecule has 3 heterocycles. The first kappa shape index (κ1) is 22.7. The van der Waals surface area contributed by atoms with E-state index in [0.717, 1.165) is 11.3 Å². The third-order valence-electron chi connectivity index (χ3n) is 5.89. The molecule has 1 N–H and O–H groups in total. The number of amides is 2. The number of morpholine rings is 1. The molecule has 0 spiro atoms. The lowest BCUT2D eigenvalue weighted by Gasteiger charge is -2.29. The number of aryl methyl sites for hydroxylation is 2. The highest BCUT2D eigenvalue weighted by molar-refractivity contribution is 6.45. The Morgan fingerprint density at radius 3 is 2.42 bits per heavy atom. The molecule has 0 saturated carbocycles. The van der Waals surface area contributed by atoms with Gasteiger partial charge in [0.1, 0.15) is 17.2 Å². The number of nitrogens with zero attached hydrogens (tertiary/aromatic N) is 3. The maximum absolute atomic E-state index is 13.9. The summed E-state index contributed by atoms with van der Waals surface area (Å²) in [7, 11) is 4.58. The van der Waals surface area contributed by atoms with Crippen molar-refractivity contribution in [2.45, 2.75) is 19.8 Å². The van der Waals surface area contributed by atoms with E-state index < -0.39 is 11.8 Å². The lowest BCUT2D eigenvalue weighted by atomic mass is 10.0. The molecule has 2 amide bonds. The molecule has 1 aromatic heterocycles. The Balaban J connectivity index is 1.91. The lowest BCUT2D eigenvalue weighted by Crippen LogP contribution is -2.40. The molecule has 0 bridgehead atoms. The highest BCUT2D eigenvalue weighted by Crippen LogP contribution is 2.40. The molecule has 2 aliphatic rings. The molecule has 33 heavy (non-hydrogen) atoms. The number of aromatic amines is 1. The summed E-state index contributed by atoms with van der Waals surface area (Å²) in [5.74, 6) is -0.208. The van der Waals surface area contributed by atoms with Gasteiger partial charge in [-0.2, -0.15) is 0 Å². The number of rotatable bonds is 7. The van der Waals surface area contributed by atoms with Gasteiger partial charge in [-0.05, 0) is 18.6 Å². The molecule has 2 aromatic rings. The Morgan fingerprint density at radius 2 is 1.79 bits per heavy atom. The van der Waals surface area contributed by atoms with Gasteiger partial charge in [-0.1, -0.05) is 13.3 Å². The number of H-pyrrole nitrogens is 1. The molecule has 10 nitrogen and oxygen atoms in total. The molecule has 0 aliphatic carbocycles. The standard InChI is InChI=1S/C23H28N4O6/c1-5-6-15-18(21(28)25(2)24-15)19-20(26-9-11-33-12-10-26)23(30)27(22(19)29)16-8-7-14(31-3)13-17(16)32-4/h7-8,13,24H,5-6,9-12H2,1-4H3. The number of ether oxygens (including phenoxy) is 3. The van der Waals surface area contributed by atoms with Crippen molar-refractivity contribution in [3.05, 3.63) is 45.5 Å². The molecule has 176 valence electrons. The fraction of sp³-hybridized carbons (Fsp3) is 0.435. The van der Waals surface area contributed by atoms with Crippen molar-refractivity contribution >= 4 is 23.1 Å². The first-order valence-electron chi connectivity index (χ1n) is 10.9. The average molecular weight is 456 g/mol. The molecule has 1 fully saturated rings. The Kier molecular flexibility index (Phi) is 6.28. The maximum atomic E-state index is 13.9. The third kappa shape index (κ3) is 3.80. The van der Waals surface area contributed by atoms with Gasteiger partial charge < -0.3 is 19.1 Å². The average Bonchev–Trinajstić information content (AvgIpc) is 3.24. The summed E-state index contributed by atoms with van der Waals surface area (Å²) in [4.78, 5) is 43.6. The predicted molar refractivity (Wildman–Crippen MR) is 121 cm³/mol. The molecule has 1 saturated heterocycles. The molecule has 2 aliphatic heterocycles. The Hall–Kier alpha value is -3.53. The van der Waals surface area contributed by atoms with Gasteiger partial charge in [-0.15, -0.1) is 0 Å². The number of nitrogens with one attached hydrogen (secondary N) is 1. The zero-order chi connectivity index (χ0) is 23.7. The Labute approximate surface area is 191 Å². The summed E-state index contributed by atoms with van der Waals surface area (Å²) in [5.41, 5.74) is 1.16. The number of anilines is 1. The molecule has 10 heteroatoms. The van der Waals surface area contributed by atoms with Crippen molar-refractivity contribution in [3.8, 4) is 11.5 Å². The SMILES string of the molecule is CCCc1[nH]n(C)c(=O)c1C1=C(N2CCOCC2)C(=O)N(c2ccc(OC)cc2OC)C1=O. The van der Waals surface area contributed by atoms with Gasteiger partial charge in [0, 0.05) is 31.9 Å². The topological polar surface area (TPSA) is 106 Å². The highest BCUT2D eigenvalue weighted by atomic mass is 16.5. The van der Waals surface area contributed by atoms with Gasteiger partial charge in [0.15, 0.2) is 0 Å². The number of benzene rings is 1. The number of hydrogen-bond donors (Lipinski definition) is 1. The van der Waals surface area contributed by atoms with E-state index in [1.807, 2.05) is 11.8 Å². The van der Waals surface area contributed by atoms with Crippen LogP contribution < -0.4 is 19.9 Å². The molecule has 1 aromatic carbocycles. The number of methoxy groups -OCH3 is 2. The largest absolute Gasteiger partial charge is 0.497 e. The van der Waals surface area contributed by atoms with Gasteiger partial charge in [0.2, 0.25) is 0 Å². The number of imide groups is 1. The van der Waals surface area contributed by atoms with Gasteiger partial charge >= 0.3 is 0 Å². The second-order valence-electron chi connectivity index (χ2n) is 7.89. The van der Waals surface area contributed by atoms with E-state index in [1.165, 1.54) is 18.9 Å². The van der Waals surface area contributed by atoms with Crippen molar-refractivity contribution in [1.29, 1.82) is 0 Å². The molecule has 0 radical (unpaired) electrons. The van der Waals surface area contributed by atoms with E-state index in [0.29, 0.717) is 55.6 Å². The van der Waals surface area contributed by atoms with Crippen LogP contribution in [0.15, 0.2) is 28.7 Å². The number of aromatic nitrogens is 2. The van der Waals surface area contributed by atoms with Crippen molar-refractivity contribution in [1.82, 2.24) is 14.7 Å². The van der Waals surface area contributed by atoms with Crippen molar-refractivity contribution < 1.29 is 23.8 Å². The summed E-state index contributed by atoms with van der Waals surface area (Å²) in [6, 6.07) is 4.87. The van der Waals surface area contributed by atoms with Gasteiger partial charge in [-0.3, -0.25) is 24.2 Å². The first-order chi connectivity index (χ1) is 15.9. The van der Waals surface area contributed by atoms with Crippen LogP contribution in [-0.4, -0.2) is 67.0 Å². The molecule has 0 unspecified atom stereocenters. The number of carbonyl (C=O) groups excluding carboxylic acids is 2. The number of hydrogen-bond acceptors (Lipinski definition) is 7. The minimum atomic E-state index is -0.556. The van der Waals surface area contributed by atoms with Crippen LogP contribution in [-0.2, 0) is 27.8 Å². The van der Waals surface area contributed by atoms with Gasteiger partial charge in [0.05, 0.1) is 44.3 Å². The summed E-state index contributed by atoms with van der Waals surface area (Å²) in [6.45, 7) is 3.73. The summed E-state index contributed by atoms with van der Waals surface area (Å²) in [6.07, 6.45) is 1.34. The predicted octanol–water partition coefficient (Wildman–Crippen LogP) is 1.30.